The second-order valence-corrected chi connectivity index (χ2v) is 15.2. The van der Waals surface area contributed by atoms with Crippen LogP contribution in [-0.2, 0) is 35.0 Å². The van der Waals surface area contributed by atoms with Gasteiger partial charge in [0.15, 0.2) is 6.29 Å². The molecule has 9 atom stereocenters. The third kappa shape index (κ3) is 11.1. The van der Waals surface area contributed by atoms with Crippen LogP contribution in [0.15, 0.2) is 30.3 Å². The van der Waals surface area contributed by atoms with E-state index in [1.807, 2.05) is 18.2 Å². The van der Waals surface area contributed by atoms with E-state index in [1.165, 1.54) is 57.8 Å². The Morgan fingerprint density at radius 1 is 0.682 bits per heavy atom. The lowest BCUT2D eigenvalue weighted by atomic mass is 9.91. The molecule has 6 heteroatoms. The maximum absolute atomic E-state index is 6.53. The van der Waals surface area contributed by atoms with Gasteiger partial charge in [-0.1, -0.05) is 137 Å². The molecule has 0 aliphatic carbocycles. The van der Waals surface area contributed by atoms with Gasteiger partial charge in [-0.05, 0) is 41.6 Å². The molecule has 4 rings (SSSR count). The van der Waals surface area contributed by atoms with E-state index in [2.05, 4.69) is 60.6 Å². The summed E-state index contributed by atoms with van der Waals surface area (Å²) in [4.78, 5) is 0. The second-order valence-electron chi connectivity index (χ2n) is 15.2. The minimum atomic E-state index is -1.05. The van der Waals surface area contributed by atoms with Crippen LogP contribution in [0.5, 0.6) is 0 Å². The van der Waals surface area contributed by atoms with Gasteiger partial charge in [0, 0.05) is 13.0 Å². The lowest BCUT2D eigenvalue weighted by molar-refractivity contribution is -0.400. The largest absolute Gasteiger partial charge is 0.379 e. The highest BCUT2D eigenvalue weighted by molar-refractivity contribution is 5.14. The number of fused-ring (bicyclic) bond motifs is 2. The fraction of sp³-hybridized carbons (Fsp3) is 0.842. The van der Waals surface area contributed by atoms with Gasteiger partial charge >= 0.3 is 0 Å². The van der Waals surface area contributed by atoms with Gasteiger partial charge < -0.3 is 23.7 Å². The average molecular weight is 617 g/mol. The third-order valence-corrected chi connectivity index (χ3v) is 9.76. The van der Waals surface area contributed by atoms with Crippen LogP contribution in [0, 0.1) is 29.6 Å². The molecular formula is C38H64O6. The maximum atomic E-state index is 6.53. The zero-order valence-corrected chi connectivity index (χ0v) is 29.0. The molecule has 3 aliphatic heterocycles. The lowest BCUT2D eigenvalue weighted by Gasteiger charge is -2.46. The zero-order chi connectivity index (χ0) is 31.5. The number of rotatable bonds is 22. The minimum Gasteiger partial charge on any atom is -0.379 e. The van der Waals surface area contributed by atoms with Crippen molar-refractivity contribution in [2.75, 3.05) is 13.2 Å². The van der Waals surface area contributed by atoms with Crippen molar-refractivity contribution in [2.45, 2.75) is 162 Å². The van der Waals surface area contributed by atoms with Gasteiger partial charge in [0.25, 0.3) is 5.97 Å². The number of hydrogen-bond donors (Lipinski definition) is 0. The zero-order valence-electron chi connectivity index (χ0n) is 29.0. The van der Waals surface area contributed by atoms with Crippen LogP contribution in [-0.4, -0.2) is 49.9 Å². The van der Waals surface area contributed by atoms with Crippen LogP contribution >= 0.6 is 0 Å². The van der Waals surface area contributed by atoms with Crippen LogP contribution in [0.3, 0.4) is 0 Å². The molecule has 44 heavy (non-hydrogen) atoms. The van der Waals surface area contributed by atoms with Crippen molar-refractivity contribution < 1.29 is 28.4 Å². The van der Waals surface area contributed by atoms with Crippen molar-refractivity contribution in [1.82, 2.24) is 0 Å². The van der Waals surface area contributed by atoms with E-state index in [1.54, 1.807) is 0 Å². The third-order valence-electron chi connectivity index (χ3n) is 9.76. The van der Waals surface area contributed by atoms with Gasteiger partial charge in [-0.3, -0.25) is 4.74 Å². The highest BCUT2D eigenvalue weighted by atomic mass is 17.0. The SMILES string of the molecule is CC(C)CCCC(C)CCCC(C)CCCC(C)CCOC[C@H]1O[C@@H]2OC3(CC(C)C)O[C@@H]2[C@@H](OCc2ccccc2)[C@@H]1O3. The van der Waals surface area contributed by atoms with Crippen molar-refractivity contribution in [3.63, 3.8) is 0 Å². The monoisotopic (exact) mass is 616 g/mol. The summed E-state index contributed by atoms with van der Waals surface area (Å²) < 4.78 is 38.1. The first-order valence-corrected chi connectivity index (χ1v) is 18.1. The molecule has 0 amide bonds. The van der Waals surface area contributed by atoms with E-state index < -0.39 is 12.3 Å². The van der Waals surface area contributed by atoms with Gasteiger partial charge in [0.1, 0.15) is 24.4 Å². The van der Waals surface area contributed by atoms with Gasteiger partial charge in [0.05, 0.1) is 13.2 Å². The molecule has 0 saturated carbocycles. The van der Waals surface area contributed by atoms with Crippen LogP contribution < -0.4 is 0 Å². The quantitative estimate of drug-likeness (QED) is 0.121. The first-order chi connectivity index (χ1) is 21.1. The summed E-state index contributed by atoms with van der Waals surface area (Å²) in [5.41, 5.74) is 1.13. The van der Waals surface area contributed by atoms with Gasteiger partial charge in [0.2, 0.25) is 0 Å². The summed E-state index contributed by atoms with van der Waals surface area (Å²) in [6, 6.07) is 10.2. The van der Waals surface area contributed by atoms with Crippen LogP contribution in [0.4, 0.5) is 0 Å². The Hall–Kier alpha value is -1.02. The van der Waals surface area contributed by atoms with E-state index in [0.717, 1.165) is 36.3 Å². The molecule has 4 unspecified atom stereocenters. The van der Waals surface area contributed by atoms with E-state index in [4.69, 9.17) is 28.4 Å². The first kappa shape index (κ1) is 35.8. The van der Waals surface area contributed by atoms with Crippen LogP contribution in [0.1, 0.15) is 125 Å². The standard InChI is InChI=1S/C38H64O6/c1-27(2)14-11-15-29(5)16-12-17-30(6)18-13-19-31(7)22-23-39-26-33-34-35(40-25-32-20-9-8-10-21-32)36-37(41-33)44-38(42-34,43-36)24-28(3)4/h8-10,20-21,27-31,33-37H,11-19,22-26H2,1-7H3/t29?,30?,31?,33-,34-,35+,36-,37-,38?/m1/s1. The topological polar surface area (TPSA) is 55.4 Å². The number of hydrogen-bond acceptors (Lipinski definition) is 6. The Kier molecular flexibility index (Phi) is 14.5. The van der Waals surface area contributed by atoms with Gasteiger partial charge in [-0.2, -0.15) is 0 Å². The molecule has 3 fully saturated rings. The molecule has 0 spiro atoms. The van der Waals surface area contributed by atoms with Gasteiger partial charge in [-0.15, -0.1) is 0 Å². The molecule has 252 valence electrons. The molecule has 3 aliphatic rings. The summed E-state index contributed by atoms with van der Waals surface area (Å²) in [5, 5.41) is 0. The predicted molar refractivity (Wildman–Crippen MR) is 176 cm³/mol. The Balaban J connectivity index is 1.13. The van der Waals surface area contributed by atoms with Crippen molar-refractivity contribution in [2.24, 2.45) is 29.6 Å². The highest BCUT2D eigenvalue weighted by Crippen LogP contribution is 2.48. The molecule has 0 radical (unpaired) electrons. The lowest BCUT2D eigenvalue weighted by Crippen LogP contribution is -2.63. The summed E-state index contributed by atoms with van der Waals surface area (Å²) >= 11 is 0. The van der Waals surface area contributed by atoms with Crippen LogP contribution in [0.25, 0.3) is 0 Å². The van der Waals surface area contributed by atoms with E-state index in [0.29, 0.717) is 31.5 Å². The summed E-state index contributed by atoms with van der Waals surface area (Å²) in [6.07, 6.45) is 12.4. The molecule has 1 aromatic carbocycles. The maximum Gasteiger partial charge on any atom is 0.286 e. The van der Waals surface area contributed by atoms with Gasteiger partial charge in [-0.25, -0.2) is 0 Å². The number of ether oxygens (including phenoxy) is 6. The fourth-order valence-corrected chi connectivity index (χ4v) is 7.07. The van der Waals surface area contributed by atoms with Crippen LogP contribution in [0.2, 0.25) is 0 Å². The fourth-order valence-electron chi connectivity index (χ4n) is 7.07. The molecule has 1 aromatic rings. The predicted octanol–water partition coefficient (Wildman–Crippen LogP) is 9.29. The van der Waals surface area contributed by atoms with E-state index in [9.17, 15) is 0 Å². The van der Waals surface area contributed by atoms with E-state index >= 15 is 0 Å². The molecule has 0 aromatic heterocycles. The molecule has 3 bridgehead atoms. The molecule has 0 N–H and O–H groups in total. The Labute approximate surface area is 269 Å². The highest BCUT2D eigenvalue weighted by Gasteiger charge is 2.65. The minimum absolute atomic E-state index is 0.246. The van der Waals surface area contributed by atoms with Crippen molar-refractivity contribution in [1.29, 1.82) is 0 Å². The Morgan fingerprint density at radius 2 is 1.27 bits per heavy atom. The summed E-state index contributed by atoms with van der Waals surface area (Å²) in [6.45, 7) is 17.9. The average Bonchev–Trinajstić information content (AvgIpc) is 3.17. The second kappa shape index (κ2) is 17.8. The normalized spacial score (nSPS) is 29.9. The first-order valence-electron chi connectivity index (χ1n) is 18.1. The summed E-state index contributed by atoms with van der Waals surface area (Å²) in [7, 11) is 0. The summed E-state index contributed by atoms with van der Waals surface area (Å²) in [5.74, 6) is 2.53. The number of benzene rings is 1. The smallest absolute Gasteiger partial charge is 0.286 e. The molecule has 3 heterocycles. The van der Waals surface area contributed by atoms with Crippen molar-refractivity contribution >= 4 is 0 Å². The Bertz CT molecular complexity index is 923. The molecule has 3 saturated heterocycles. The van der Waals surface area contributed by atoms with E-state index in [-0.39, 0.29) is 24.4 Å². The molecular weight excluding hydrogens is 552 g/mol. The Morgan fingerprint density at radius 3 is 1.89 bits per heavy atom. The van der Waals surface area contributed by atoms with Crippen molar-refractivity contribution in [3.8, 4) is 0 Å². The van der Waals surface area contributed by atoms with Crippen molar-refractivity contribution in [3.05, 3.63) is 35.9 Å². The molecule has 6 nitrogen and oxygen atoms in total.